The third-order valence-electron chi connectivity index (χ3n) is 2.53. The molecule has 1 aliphatic carbocycles. The van der Waals surface area contributed by atoms with E-state index in [1.807, 2.05) is 24.5 Å². The first-order chi connectivity index (χ1) is 6.11. The van der Waals surface area contributed by atoms with E-state index < -0.39 is 5.97 Å². The van der Waals surface area contributed by atoms with Crippen molar-refractivity contribution >= 4 is 5.97 Å². The van der Waals surface area contributed by atoms with Crippen LogP contribution in [0.2, 0.25) is 0 Å². The molecule has 0 aliphatic heterocycles. The average Bonchev–Trinajstić information content (AvgIpc) is 2.77. The Morgan fingerprint density at radius 1 is 1.54 bits per heavy atom. The predicted molar refractivity (Wildman–Crippen MR) is 49.1 cm³/mol. The standard InChI is InChI=1S/C10H13NO2/c1-6-5-7(2)11(8-3-4-8)9(6)10(12)13/h5,8H,3-4H2,1-2H3,(H,12,13). The van der Waals surface area contributed by atoms with Crippen LogP contribution in [0.4, 0.5) is 0 Å². The molecule has 0 atom stereocenters. The Labute approximate surface area is 77.0 Å². The molecule has 0 aromatic carbocycles. The maximum atomic E-state index is 11.0. The van der Waals surface area contributed by atoms with Crippen LogP contribution in [-0.2, 0) is 0 Å². The molecule has 0 unspecified atom stereocenters. The van der Waals surface area contributed by atoms with Gasteiger partial charge in [0, 0.05) is 11.7 Å². The number of hydrogen-bond acceptors (Lipinski definition) is 1. The molecule has 0 amide bonds. The largest absolute Gasteiger partial charge is 0.477 e. The molecule has 1 fully saturated rings. The maximum Gasteiger partial charge on any atom is 0.352 e. The lowest BCUT2D eigenvalue weighted by Crippen LogP contribution is -2.09. The van der Waals surface area contributed by atoms with Crippen molar-refractivity contribution in [1.29, 1.82) is 0 Å². The highest BCUT2D eigenvalue weighted by atomic mass is 16.4. The van der Waals surface area contributed by atoms with Crippen LogP contribution in [0.1, 0.15) is 40.6 Å². The summed E-state index contributed by atoms with van der Waals surface area (Å²) in [5.41, 5.74) is 2.41. The van der Waals surface area contributed by atoms with Crippen LogP contribution >= 0.6 is 0 Å². The third-order valence-corrected chi connectivity index (χ3v) is 2.53. The van der Waals surface area contributed by atoms with Gasteiger partial charge in [0.2, 0.25) is 0 Å². The van der Waals surface area contributed by atoms with Gasteiger partial charge in [-0.15, -0.1) is 0 Å². The molecule has 13 heavy (non-hydrogen) atoms. The normalized spacial score (nSPS) is 16.2. The van der Waals surface area contributed by atoms with Crippen LogP contribution in [0.5, 0.6) is 0 Å². The number of nitrogens with zero attached hydrogens (tertiary/aromatic N) is 1. The number of aromatic carboxylic acids is 1. The molecule has 0 radical (unpaired) electrons. The summed E-state index contributed by atoms with van der Waals surface area (Å²) in [6.45, 7) is 3.83. The molecule has 1 saturated carbocycles. The zero-order valence-electron chi connectivity index (χ0n) is 7.87. The van der Waals surface area contributed by atoms with Crippen molar-refractivity contribution in [1.82, 2.24) is 4.57 Å². The predicted octanol–water partition coefficient (Wildman–Crippen LogP) is 2.14. The molecular weight excluding hydrogens is 166 g/mol. The second-order valence-corrected chi connectivity index (χ2v) is 3.72. The zero-order chi connectivity index (χ0) is 9.59. The highest BCUT2D eigenvalue weighted by molar-refractivity contribution is 5.88. The molecule has 0 saturated heterocycles. The summed E-state index contributed by atoms with van der Waals surface area (Å²) in [4.78, 5) is 11.0. The Morgan fingerprint density at radius 3 is 2.62 bits per heavy atom. The van der Waals surface area contributed by atoms with Crippen LogP contribution in [0.25, 0.3) is 0 Å². The fraction of sp³-hybridized carbons (Fsp3) is 0.500. The lowest BCUT2D eigenvalue weighted by molar-refractivity contribution is 0.0683. The van der Waals surface area contributed by atoms with Crippen molar-refractivity contribution in [2.75, 3.05) is 0 Å². The molecule has 1 aromatic heterocycles. The molecule has 1 N–H and O–H groups in total. The van der Waals surface area contributed by atoms with Gasteiger partial charge in [-0.05, 0) is 38.3 Å². The molecule has 1 aliphatic rings. The molecule has 0 spiro atoms. The van der Waals surface area contributed by atoms with Gasteiger partial charge in [0.25, 0.3) is 0 Å². The summed E-state index contributed by atoms with van der Waals surface area (Å²) in [5, 5.41) is 9.02. The summed E-state index contributed by atoms with van der Waals surface area (Å²) in [6, 6.07) is 2.39. The Bertz CT molecular complexity index is 361. The van der Waals surface area contributed by atoms with Crippen molar-refractivity contribution in [3.8, 4) is 0 Å². The molecule has 0 bridgehead atoms. The first-order valence-electron chi connectivity index (χ1n) is 4.53. The van der Waals surface area contributed by atoms with Gasteiger partial charge in [0.15, 0.2) is 0 Å². The molecule has 1 heterocycles. The van der Waals surface area contributed by atoms with Crippen LogP contribution in [0.15, 0.2) is 6.07 Å². The minimum atomic E-state index is -0.808. The number of carboxylic acids is 1. The third kappa shape index (κ3) is 1.24. The van der Waals surface area contributed by atoms with Gasteiger partial charge in [0.1, 0.15) is 5.69 Å². The minimum absolute atomic E-state index is 0.444. The number of aromatic nitrogens is 1. The van der Waals surface area contributed by atoms with E-state index in [2.05, 4.69) is 0 Å². The van der Waals surface area contributed by atoms with Crippen molar-refractivity contribution in [3.63, 3.8) is 0 Å². The van der Waals surface area contributed by atoms with Crippen LogP contribution in [0, 0.1) is 13.8 Å². The smallest absolute Gasteiger partial charge is 0.352 e. The van der Waals surface area contributed by atoms with Gasteiger partial charge in [-0.3, -0.25) is 0 Å². The summed E-state index contributed by atoms with van der Waals surface area (Å²) in [7, 11) is 0. The molecule has 70 valence electrons. The highest BCUT2D eigenvalue weighted by Crippen LogP contribution is 2.38. The summed E-state index contributed by atoms with van der Waals surface area (Å²) >= 11 is 0. The van der Waals surface area contributed by atoms with E-state index >= 15 is 0 Å². The molecular formula is C10H13NO2. The van der Waals surface area contributed by atoms with E-state index in [0.717, 1.165) is 24.1 Å². The SMILES string of the molecule is Cc1cc(C)n(C2CC2)c1C(=O)O. The molecule has 3 heteroatoms. The number of aryl methyl sites for hydroxylation is 2. The Hall–Kier alpha value is -1.25. The maximum absolute atomic E-state index is 11.0. The lowest BCUT2D eigenvalue weighted by atomic mass is 10.2. The van der Waals surface area contributed by atoms with Crippen molar-refractivity contribution < 1.29 is 9.90 Å². The second-order valence-electron chi connectivity index (χ2n) is 3.72. The van der Waals surface area contributed by atoms with Crippen molar-refractivity contribution in [2.24, 2.45) is 0 Å². The quantitative estimate of drug-likeness (QED) is 0.755. The Morgan fingerprint density at radius 2 is 2.15 bits per heavy atom. The Balaban J connectivity index is 2.56. The van der Waals surface area contributed by atoms with Gasteiger partial charge in [-0.25, -0.2) is 4.79 Å². The van der Waals surface area contributed by atoms with E-state index in [4.69, 9.17) is 5.11 Å². The topological polar surface area (TPSA) is 42.2 Å². The van der Waals surface area contributed by atoms with Crippen molar-refractivity contribution in [2.45, 2.75) is 32.7 Å². The summed E-state index contributed by atoms with van der Waals surface area (Å²) in [6.07, 6.45) is 2.24. The molecule has 1 aromatic rings. The number of rotatable bonds is 2. The van der Waals surface area contributed by atoms with Crippen LogP contribution < -0.4 is 0 Å². The van der Waals surface area contributed by atoms with E-state index in [1.165, 1.54) is 0 Å². The van der Waals surface area contributed by atoms with E-state index in [-0.39, 0.29) is 0 Å². The van der Waals surface area contributed by atoms with Gasteiger partial charge in [-0.2, -0.15) is 0 Å². The van der Waals surface area contributed by atoms with Crippen molar-refractivity contribution in [3.05, 3.63) is 23.0 Å². The number of hydrogen-bond donors (Lipinski definition) is 1. The van der Waals surface area contributed by atoms with E-state index in [9.17, 15) is 4.79 Å². The van der Waals surface area contributed by atoms with Crippen LogP contribution in [-0.4, -0.2) is 15.6 Å². The summed E-state index contributed by atoms with van der Waals surface area (Å²) < 4.78 is 1.96. The van der Waals surface area contributed by atoms with Gasteiger partial charge in [0.05, 0.1) is 0 Å². The zero-order valence-corrected chi connectivity index (χ0v) is 7.87. The monoisotopic (exact) mass is 179 g/mol. The van der Waals surface area contributed by atoms with Gasteiger partial charge < -0.3 is 9.67 Å². The van der Waals surface area contributed by atoms with Gasteiger partial charge >= 0.3 is 5.97 Å². The minimum Gasteiger partial charge on any atom is -0.477 e. The molecule has 2 rings (SSSR count). The van der Waals surface area contributed by atoms with Crippen LogP contribution in [0.3, 0.4) is 0 Å². The second kappa shape index (κ2) is 2.62. The fourth-order valence-electron chi connectivity index (χ4n) is 1.89. The number of carbonyl (C=O) groups is 1. The van der Waals surface area contributed by atoms with Gasteiger partial charge in [-0.1, -0.05) is 0 Å². The highest BCUT2D eigenvalue weighted by Gasteiger charge is 2.29. The first-order valence-corrected chi connectivity index (χ1v) is 4.53. The number of carboxylic acid groups (broad SMARTS) is 1. The first kappa shape index (κ1) is 8.35. The average molecular weight is 179 g/mol. The lowest BCUT2D eigenvalue weighted by Gasteiger charge is -2.06. The van der Waals surface area contributed by atoms with E-state index in [1.54, 1.807) is 0 Å². The fourth-order valence-corrected chi connectivity index (χ4v) is 1.89. The molecule has 3 nitrogen and oxygen atoms in total. The van der Waals surface area contributed by atoms with E-state index in [0.29, 0.717) is 11.7 Å². The summed E-state index contributed by atoms with van der Waals surface area (Å²) in [5.74, 6) is -0.808. The Kier molecular flexibility index (Phi) is 1.68.